The Labute approximate surface area is 79.7 Å². The molecule has 0 bridgehead atoms. The SMILES string of the molecule is CS(C)(=O)=Nc1ccnc(Br)n1. The van der Waals surface area contributed by atoms with Gasteiger partial charge in [0.15, 0.2) is 10.6 Å². The predicted octanol–water partition coefficient (Wildman–Crippen LogP) is 1.60. The van der Waals surface area contributed by atoms with E-state index in [1.165, 1.54) is 0 Å². The number of rotatable bonds is 1. The molecule has 4 nitrogen and oxygen atoms in total. The van der Waals surface area contributed by atoms with E-state index in [2.05, 4.69) is 30.3 Å². The van der Waals surface area contributed by atoms with Crippen LogP contribution in [0.1, 0.15) is 0 Å². The maximum atomic E-state index is 11.2. The molecule has 0 aromatic carbocycles. The molecule has 0 amide bonds. The first-order valence-electron chi connectivity index (χ1n) is 3.13. The molecule has 0 saturated carbocycles. The summed E-state index contributed by atoms with van der Waals surface area (Å²) in [6.07, 6.45) is 4.67. The van der Waals surface area contributed by atoms with Crippen molar-refractivity contribution in [1.29, 1.82) is 0 Å². The molecule has 0 spiro atoms. The Morgan fingerprint density at radius 3 is 2.75 bits per heavy atom. The van der Waals surface area contributed by atoms with Crippen LogP contribution in [0.4, 0.5) is 5.82 Å². The number of aromatic nitrogens is 2. The maximum absolute atomic E-state index is 11.2. The lowest BCUT2D eigenvalue weighted by Gasteiger charge is -1.94. The van der Waals surface area contributed by atoms with Crippen LogP contribution >= 0.6 is 15.9 Å². The second-order valence-corrected chi connectivity index (χ2v) is 5.71. The Bertz CT molecular complexity index is 390. The zero-order valence-corrected chi connectivity index (χ0v) is 9.09. The third-order valence-corrected chi connectivity index (χ3v) is 1.93. The molecule has 0 fully saturated rings. The first kappa shape index (κ1) is 9.60. The van der Waals surface area contributed by atoms with Gasteiger partial charge >= 0.3 is 0 Å². The average molecular weight is 250 g/mol. The number of halogens is 1. The Balaban J connectivity index is 3.15. The normalized spacial score (nSPS) is 11.2. The summed E-state index contributed by atoms with van der Waals surface area (Å²) in [5.74, 6) is 0.437. The fraction of sp³-hybridized carbons (Fsp3) is 0.333. The van der Waals surface area contributed by atoms with E-state index in [-0.39, 0.29) is 0 Å². The van der Waals surface area contributed by atoms with Crippen LogP contribution in [0.25, 0.3) is 0 Å². The van der Waals surface area contributed by atoms with Crippen LogP contribution in [0.3, 0.4) is 0 Å². The van der Waals surface area contributed by atoms with Gasteiger partial charge in [0.2, 0.25) is 0 Å². The summed E-state index contributed by atoms with van der Waals surface area (Å²) in [6.45, 7) is 0. The second kappa shape index (κ2) is 3.49. The molecule has 0 aliphatic heterocycles. The molecule has 0 radical (unpaired) electrons. The third-order valence-electron chi connectivity index (χ3n) is 0.925. The highest BCUT2D eigenvalue weighted by molar-refractivity contribution is 9.10. The van der Waals surface area contributed by atoms with Crippen molar-refractivity contribution < 1.29 is 4.21 Å². The zero-order chi connectivity index (χ0) is 9.19. The molecule has 66 valence electrons. The van der Waals surface area contributed by atoms with E-state index in [1.807, 2.05) is 0 Å². The lowest BCUT2D eigenvalue weighted by atomic mass is 10.6. The molecule has 12 heavy (non-hydrogen) atoms. The molecule has 0 N–H and O–H groups in total. The van der Waals surface area contributed by atoms with Gasteiger partial charge in [-0.15, -0.1) is 0 Å². The predicted molar refractivity (Wildman–Crippen MR) is 51.8 cm³/mol. The molecular formula is C6H8BrN3OS. The van der Waals surface area contributed by atoms with Crippen molar-refractivity contribution >= 4 is 31.5 Å². The summed E-state index contributed by atoms with van der Waals surface area (Å²) in [5, 5.41) is 0. The fourth-order valence-corrected chi connectivity index (χ4v) is 1.45. The van der Waals surface area contributed by atoms with Gasteiger partial charge in [0, 0.05) is 34.5 Å². The zero-order valence-electron chi connectivity index (χ0n) is 6.69. The van der Waals surface area contributed by atoms with Crippen molar-refractivity contribution in [3.8, 4) is 0 Å². The van der Waals surface area contributed by atoms with Gasteiger partial charge in [-0.1, -0.05) is 0 Å². The van der Waals surface area contributed by atoms with E-state index >= 15 is 0 Å². The maximum Gasteiger partial charge on any atom is 0.198 e. The van der Waals surface area contributed by atoms with Crippen LogP contribution in [-0.4, -0.2) is 26.7 Å². The average Bonchev–Trinajstić information content (AvgIpc) is 1.82. The highest BCUT2D eigenvalue weighted by Gasteiger charge is 1.95. The minimum atomic E-state index is -2.13. The van der Waals surface area contributed by atoms with Gasteiger partial charge < -0.3 is 0 Å². The minimum Gasteiger partial charge on any atom is -0.250 e. The number of nitrogens with zero attached hydrogens (tertiary/aromatic N) is 3. The summed E-state index contributed by atoms with van der Waals surface area (Å²) < 4.78 is 15.6. The standard InChI is InChI=1S/C6H8BrN3OS/c1-12(2,11)10-5-3-4-8-6(7)9-5/h3-4H,1-2H3. The van der Waals surface area contributed by atoms with Crippen molar-refractivity contribution in [3.05, 3.63) is 17.0 Å². The highest BCUT2D eigenvalue weighted by Crippen LogP contribution is 2.11. The van der Waals surface area contributed by atoms with E-state index < -0.39 is 9.73 Å². The quantitative estimate of drug-likeness (QED) is 0.711. The number of hydrogen-bond donors (Lipinski definition) is 0. The molecule has 6 heteroatoms. The van der Waals surface area contributed by atoms with E-state index in [0.29, 0.717) is 10.6 Å². The summed E-state index contributed by atoms with van der Waals surface area (Å²) in [5.41, 5.74) is 0. The second-order valence-electron chi connectivity index (χ2n) is 2.46. The first-order valence-corrected chi connectivity index (χ1v) is 6.25. The molecular weight excluding hydrogens is 242 g/mol. The van der Waals surface area contributed by atoms with Crippen LogP contribution in [-0.2, 0) is 9.73 Å². The highest BCUT2D eigenvalue weighted by atomic mass is 79.9. The van der Waals surface area contributed by atoms with Gasteiger partial charge in [-0.3, -0.25) is 0 Å². The molecule has 1 heterocycles. The fourth-order valence-electron chi connectivity index (χ4n) is 0.602. The summed E-state index contributed by atoms with van der Waals surface area (Å²) in [7, 11) is -2.13. The summed E-state index contributed by atoms with van der Waals surface area (Å²) >= 11 is 3.09. The molecule has 1 aromatic rings. The van der Waals surface area contributed by atoms with Crippen molar-refractivity contribution in [3.63, 3.8) is 0 Å². The Hall–Kier alpha value is -0.490. The number of hydrogen-bond acceptors (Lipinski definition) is 4. The topological polar surface area (TPSA) is 55.2 Å². The Kier molecular flexibility index (Phi) is 2.79. The molecule has 0 aliphatic carbocycles. The van der Waals surface area contributed by atoms with Crippen molar-refractivity contribution in [2.24, 2.45) is 4.36 Å². The van der Waals surface area contributed by atoms with Crippen LogP contribution in [0.2, 0.25) is 0 Å². The van der Waals surface area contributed by atoms with E-state index in [4.69, 9.17) is 0 Å². The molecule has 0 atom stereocenters. The molecule has 1 aromatic heterocycles. The molecule has 0 aliphatic rings. The van der Waals surface area contributed by atoms with Gasteiger partial charge in [-0.2, -0.15) is 4.36 Å². The van der Waals surface area contributed by atoms with E-state index in [0.717, 1.165) is 0 Å². The van der Waals surface area contributed by atoms with Gasteiger partial charge in [0.05, 0.1) is 0 Å². The van der Waals surface area contributed by atoms with Crippen molar-refractivity contribution in [2.45, 2.75) is 0 Å². The van der Waals surface area contributed by atoms with E-state index in [1.54, 1.807) is 24.8 Å². The van der Waals surface area contributed by atoms with Gasteiger partial charge in [0.1, 0.15) is 0 Å². The van der Waals surface area contributed by atoms with Crippen LogP contribution < -0.4 is 0 Å². The molecule has 0 saturated heterocycles. The van der Waals surface area contributed by atoms with E-state index in [9.17, 15) is 4.21 Å². The van der Waals surface area contributed by atoms with Gasteiger partial charge in [-0.25, -0.2) is 14.2 Å². The van der Waals surface area contributed by atoms with Crippen LogP contribution in [0.15, 0.2) is 21.4 Å². The lowest BCUT2D eigenvalue weighted by Crippen LogP contribution is -1.90. The Morgan fingerprint density at radius 1 is 1.58 bits per heavy atom. The smallest absolute Gasteiger partial charge is 0.198 e. The van der Waals surface area contributed by atoms with Gasteiger partial charge in [-0.05, 0) is 15.9 Å². The van der Waals surface area contributed by atoms with Crippen molar-refractivity contribution in [1.82, 2.24) is 9.97 Å². The van der Waals surface area contributed by atoms with Crippen molar-refractivity contribution in [2.75, 3.05) is 12.5 Å². The van der Waals surface area contributed by atoms with Gasteiger partial charge in [0.25, 0.3) is 0 Å². The monoisotopic (exact) mass is 249 g/mol. The summed E-state index contributed by atoms with van der Waals surface area (Å²) in [4.78, 5) is 7.74. The Morgan fingerprint density at radius 2 is 2.25 bits per heavy atom. The molecule has 1 rings (SSSR count). The summed E-state index contributed by atoms with van der Waals surface area (Å²) in [6, 6.07) is 1.61. The largest absolute Gasteiger partial charge is 0.250 e. The minimum absolute atomic E-state index is 0.437. The third kappa shape index (κ3) is 3.27. The first-order chi connectivity index (χ1) is 5.47. The van der Waals surface area contributed by atoms with Crippen LogP contribution in [0, 0.1) is 0 Å². The lowest BCUT2D eigenvalue weighted by molar-refractivity contribution is 0.684. The van der Waals surface area contributed by atoms with Crippen LogP contribution in [0.5, 0.6) is 0 Å². The molecule has 0 unspecified atom stereocenters.